The highest BCUT2D eigenvalue weighted by Gasteiger charge is 2.40. The predicted molar refractivity (Wildman–Crippen MR) is 67.9 cm³/mol. The number of allylic oxidation sites excluding steroid dienone is 2. The van der Waals surface area contributed by atoms with E-state index < -0.39 is 4.92 Å². The van der Waals surface area contributed by atoms with Crippen LogP contribution in [0, 0.1) is 27.9 Å². The summed E-state index contributed by atoms with van der Waals surface area (Å²) in [5, 5.41) is 20.5. The van der Waals surface area contributed by atoms with Crippen molar-refractivity contribution < 1.29 is 14.8 Å². The van der Waals surface area contributed by atoms with Gasteiger partial charge in [-0.3, -0.25) is 14.9 Å². The third-order valence-electron chi connectivity index (χ3n) is 4.07. The fourth-order valence-corrected chi connectivity index (χ4v) is 3.12. The van der Waals surface area contributed by atoms with Gasteiger partial charge in [0.15, 0.2) is 5.78 Å². The number of Topliss-reactive ketones (excluding diaryl/α,β-unsaturated/α-hetero) is 1. The summed E-state index contributed by atoms with van der Waals surface area (Å²) in [7, 11) is 0. The van der Waals surface area contributed by atoms with Crippen LogP contribution < -0.4 is 0 Å². The van der Waals surface area contributed by atoms with Crippen molar-refractivity contribution >= 4 is 11.5 Å². The van der Waals surface area contributed by atoms with Gasteiger partial charge in [-0.1, -0.05) is 12.2 Å². The molecule has 1 fully saturated rings. The first-order valence-electron chi connectivity index (χ1n) is 6.26. The number of carbonyl (C=O) groups excluding carboxylic acids is 1. The van der Waals surface area contributed by atoms with Gasteiger partial charge in [0.2, 0.25) is 0 Å². The molecule has 3 atom stereocenters. The van der Waals surface area contributed by atoms with E-state index in [0.29, 0.717) is 5.92 Å². The van der Waals surface area contributed by atoms with Crippen LogP contribution in [0.1, 0.15) is 23.2 Å². The van der Waals surface area contributed by atoms with Gasteiger partial charge in [-0.25, -0.2) is 0 Å². The van der Waals surface area contributed by atoms with E-state index in [0.717, 1.165) is 12.8 Å². The minimum absolute atomic E-state index is 0.0696. The molecule has 1 saturated carbocycles. The van der Waals surface area contributed by atoms with Crippen LogP contribution in [-0.4, -0.2) is 15.8 Å². The van der Waals surface area contributed by atoms with E-state index >= 15 is 0 Å². The minimum atomic E-state index is -0.559. The van der Waals surface area contributed by atoms with Gasteiger partial charge in [0.25, 0.3) is 5.69 Å². The maximum atomic E-state index is 12.4. The fourth-order valence-electron chi connectivity index (χ4n) is 3.12. The molecule has 0 radical (unpaired) electrons. The minimum Gasteiger partial charge on any atom is -0.507 e. The Morgan fingerprint density at radius 3 is 2.68 bits per heavy atom. The molecule has 1 N–H and O–H groups in total. The molecule has 19 heavy (non-hydrogen) atoms. The average Bonchev–Trinajstić information content (AvgIpc) is 3.00. The molecular formula is C14H13NO4. The molecule has 1 aromatic rings. The zero-order valence-corrected chi connectivity index (χ0v) is 10.2. The maximum absolute atomic E-state index is 12.4. The zero-order chi connectivity index (χ0) is 13.6. The second-order valence-corrected chi connectivity index (χ2v) is 5.21. The second kappa shape index (κ2) is 4.19. The Bertz CT molecular complexity index is 593. The van der Waals surface area contributed by atoms with Crippen LogP contribution in [0.3, 0.4) is 0 Å². The number of aromatic hydroxyl groups is 1. The molecule has 0 heterocycles. The van der Waals surface area contributed by atoms with Gasteiger partial charge in [-0.05, 0) is 30.7 Å². The molecule has 0 spiro atoms. The third-order valence-corrected chi connectivity index (χ3v) is 4.07. The number of nitro groups is 1. The number of rotatable bonds is 3. The van der Waals surface area contributed by atoms with E-state index in [1.807, 2.05) is 6.08 Å². The summed E-state index contributed by atoms with van der Waals surface area (Å²) < 4.78 is 0. The second-order valence-electron chi connectivity index (χ2n) is 5.21. The topological polar surface area (TPSA) is 80.4 Å². The first-order chi connectivity index (χ1) is 9.06. The van der Waals surface area contributed by atoms with Gasteiger partial charge in [0.05, 0.1) is 10.5 Å². The van der Waals surface area contributed by atoms with E-state index in [4.69, 9.17) is 0 Å². The molecule has 0 aliphatic heterocycles. The third kappa shape index (κ3) is 1.91. The molecule has 5 heteroatoms. The predicted octanol–water partition coefficient (Wildman–Crippen LogP) is 2.70. The van der Waals surface area contributed by atoms with Gasteiger partial charge >= 0.3 is 0 Å². The Morgan fingerprint density at radius 2 is 2.11 bits per heavy atom. The SMILES string of the molecule is O=C(c1cc([N+](=O)[O-])ccc1O)[C@H]1C[C@@H]2C=C[C@H]1C2. The largest absolute Gasteiger partial charge is 0.507 e. The van der Waals surface area contributed by atoms with E-state index in [2.05, 4.69) is 6.08 Å². The highest BCUT2D eigenvalue weighted by Crippen LogP contribution is 2.45. The molecule has 2 aliphatic carbocycles. The average molecular weight is 259 g/mol. The van der Waals surface area contributed by atoms with Crippen LogP contribution in [0.4, 0.5) is 5.69 Å². The van der Waals surface area contributed by atoms with Crippen molar-refractivity contribution in [3.8, 4) is 5.75 Å². The Kier molecular flexibility index (Phi) is 2.62. The van der Waals surface area contributed by atoms with E-state index in [1.54, 1.807) is 0 Å². The van der Waals surface area contributed by atoms with E-state index in [1.165, 1.54) is 18.2 Å². The Balaban J connectivity index is 1.93. The fraction of sp³-hybridized carbons (Fsp3) is 0.357. The van der Waals surface area contributed by atoms with Gasteiger partial charge < -0.3 is 5.11 Å². The Labute approximate surface area is 109 Å². The molecule has 0 unspecified atom stereocenters. The summed E-state index contributed by atoms with van der Waals surface area (Å²) in [6.45, 7) is 0. The summed E-state index contributed by atoms with van der Waals surface area (Å²) >= 11 is 0. The Morgan fingerprint density at radius 1 is 1.32 bits per heavy atom. The van der Waals surface area contributed by atoms with Crippen LogP contribution in [0.15, 0.2) is 30.4 Å². The number of hydrogen-bond donors (Lipinski definition) is 1. The number of benzene rings is 1. The van der Waals surface area contributed by atoms with Gasteiger partial charge in [-0.2, -0.15) is 0 Å². The molecular weight excluding hydrogens is 246 g/mol. The first kappa shape index (κ1) is 11.9. The van der Waals surface area contributed by atoms with E-state index in [-0.39, 0.29) is 34.6 Å². The van der Waals surface area contributed by atoms with Crippen molar-refractivity contribution in [1.82, 2.24) is 0 Å². The summed E-state index contributed by atoms with van der Waals surface area (Å²) in [5.74, 6) is 0.152. The van der Waals surface area contributed by atoms with E-state index in [9.17, 15) is 20.0 Å². The number of nitro benzene ring substituents is 1. The number of phenols is 1. The first-order valence-corrected chi connectivity index (χ1v) is 6.26. The Hall–Kier alpha value is -2.17. The molecule has 0 saturated heterocycles. The molecule has 98 valence electrons. The molecule has 1 aromatic carbocycles. The number of carbonyl (C=O) groups is 1. The highest BCUT2D eigenvalue weighted by atomic mass is 16.6. The maximum Gasteiger partial charge on any atom is 0.270 e. The van der Waals surface area contributed by atoms with Gasteiger partial charge in [-0.15, -0.1) is 0 Å². The smallest absolute Gasteiger partial charge is 0.270 e. The van der Waals surface area contributed by atoms with Gasteiger partial charge in [0.1, 0.15) is 5.75 Å². The van der Waals surface area contributed by atoms with Crippen LogP contribution in [-0.2, 0) is 0 Å². The van der Waals surface area contributed by atoms with Crippen LogP contribution >= 0.6 is 0 Å². The summed E-state index contributed by atoms with van der Waals surface area (Å²) in [6.07, 6.45) is 5.93. The molecule has 0 aromatic heterocycles. The molecule has 5 nitrogen and oxygen atoms in total. The number of fused-ring (bicyclic) bond motifs is 2. The van der Waals surface area contributed by atoms with Crippen LogP contribution in [0.5, 0.6) is 5.75 Å². The summed E-state index contributed by atoms with van der Waals surface area (Å²) in [4.78, 5) is 22.6. The lowest BCUT2D eigenvalue weighted by Crippen LogP contribution is -2.19. The molecule has 2 aliphatic rings. The number of non-ortho nitro benzene ring substituents is 1. The number of phenolic OH excluding ortho intramolecular Hbond substituents is 1. The molecule has 2 bridgehead atoms. The van der Waals surface area contributed by atoms with Crippen molar-refractivity contribution in [3.63, 3.8) is 0 Å². The molecule has 0 amide bonds. The van der Waals surface area contributed by atoms with Crippen LogP contribution in [0.2, 0.25) is 0 Å². The van der Waals surface area contributed by atoms with Crippen molar-refractivity contribution in [2.75, 3.05) is 0 Å². The number of nitrogens with zero attached hydrogens (tertiary/aromatic N) is 1. The van der Waals surface area contributed by atoms with Gasteiger partial charge in [0, 0.05) is 18.1 Å². The molecule has 3 rings (SSSR count). The number of ketones is 1. The monoisotopic (exact) mass is 259 g/mol. The highest BCUT2D eigenvalue weighted by molar-refractivity contribution is 6.01. The quantitative estimate of drug-likeness (QED) is 0.391. The lowest BCUT2D eigenvalue weighted by atomic mass is 9.86. The zero-order valence-electron chi connectivity index (χ0n) is 10.2. The number of hydrogen-bond acceptors (Lipinski definition) is 4. The lowest BCUT2D eigenvalue weighted by Gasteiger charge is -2.17. The van der Waals surface area contributed by atoms with Crippen LogP contribution in [0.25, 0.3) is 0 Å². The summed E-state index contributed by atoms with van der Waals surface area (Å²) in [5.41, 5.74) is -0.0972. The van der Waals surface area contributed by atoms with Crippen molar-refractivity contribution in [2.45, 2.75) is 12.8 Å². The van der Waals surface area contributed by atoms with Crippen molar-refractivity contribution in [2.24, 2.45) is 17.8 Å². The van der Waals surface area contributed by atoms with Crippen molar-refractivity contribution in [3.05, 3.63) is 46.0 Å². The van der Waals surface area contributed by atoms with Crippen molar-refractivity contribution in [1.29, 1.82) is 0 Å². The normalized spacial score (nSPS) is 27.7. The standard InChI is InChI=1S/C14H13NO4/c16-13-4-3-10(15(18)19)7-12(13)14(17)11-6-8-1-2-9(11)5-8/h1-4,7-9,11,16H,5-6H2/t8-,9+,11+/m1/s1. The summed E-state index contributed by atoms with van der Waals surface area (Å²) in [6, 6.07) is 3.59. The lowest BCUT2D eigenvalue weighted by molar-refractivity contribution is -0.384.